The largest absolute Gasteiger partial charge is 0.507 e. The Hall–Kier alpha value is -2.08. The molecule has 3 rings (SSSR count). The molecule has 5 atom stereocenters. The summed E-state index contributed by atoms with van der Waals surface area (Å²) in [5, 5.41) is 51.6. The quantitative estimate of drug-likeness (QED) is 0.380. The van der Waals surface area contributed by atoms with Crippen molar-refractivity contribution in [3.8, 4) is 11.5 Å². The number of benzene rings is 1. The molecule has 1 saturated heterocycles. The molecule has 2 aromatic rings. The third-order valence-corrected chi connectivity index (χ3v) is 5.51. The van der Waals surface area contributed by atoms with Gasteiger partial charge in [-0.1, -0.05) is 0 Å². The van der Waals surface area contributed by atoms with Crippen LogP contribution in [-0.4, -0.2) is 80.0 Å². The highest BCUT2D eigenvalue weighted by Gasteiger charge is 2.43. The number of rotatable bonds is 7. The van der Waals surface area contributed by atoms with Crippen LogP contribution in [-0.2, 0) is 11.2 Å². The number of aromatic hydroxyl groups is 1. The van der Waals surface area contributed by atoms with Crippen LogP contribution in [0.25, 0.3) is 0 Å². The molecular formula is C19H23NO8S. The van der Waals surface area contributed by atoms with Crippen LogP contribution in [0.2, 0.25) is 0 Å². The van der Waals surface area contributed by atoms with Crippen molar-refractivity contribution in [3.05, 3.63) is 39.8 Å². The number of aromatic nitrogens is 1. The lowest BCUT2D eigenvalue weighted by molar-refractivity contribution is -0.234. The average molecular weight is 425 g/mol. The number of aliphatic hydroxyl groups excluding tert-OH is 4. The van der Waals surface area contributed by atoms with E-state index in [0.717, 1.165) is 5.01 Å². The van der Waals surface area contributed by atoms with E-state index in [1.54, 1.807) is 5.38 Å². The van der Waals surface area contributed by atoms with E-state index in [9.17, 15) is 30.3 Å². The molecule has 1 aliphatic heterocycles. The van der Waals surface area contributed by atoms with Crippen LogP contribution in [0.1, 0.15) is 21.1 Å². The van der Waals surface area contributed by atoms with Gasteiger partial charge >= 0.3 is 0 Å². The first-order valence-corrected chi connectivity index (χ1v) is 9.88. The SMILES string of the molecule is Cc1nc(CC(=O)c2ccc(OC[C@@H]3O[C@H](CO)[C@@H](O)[C@@H](O)[C@@H]3O)cc2O)cs1. The van der Waals surface area contributed by atoms with E-state index in [1.165, 1.54) is 29.5 Å². The minimum absolute atomic E-state index is 0.0724. The second-order valence-electron chi connectivity index (χ2n) is 6.82. The standard InChI is InChI=1S/C19H23NO8S/c1-9-20-10(8-29-9)4-13(22)12-3-2-11(5-14(12)23)27-7-16-18(25)19(26)17(24)15(6-21)28-16/h2-3,5,8,15-19,21,23-26H,4,6-7H2,1H3/t15-,16+,17-,18-,19-/m1/s1. The molecule has 10 heteroatoms. The number of aliphatic hydroxyl groups is 4. The van der Waals surface area contributed by atoms with Crippen molar-refractivity contribution in [1.82, 2.24) is 4.98 Å². The van der Waals surface area contributed by atoms with Crippen molar-refractivity contribution in [1.29, 1.82) is 0 Å². The van der Waals surface area contributed by atoms with Crippen molar-refractivity contribution in [2.24, 2.45) is 0 Å². The zero-order chi connectivity index (χ0) is 21.1. The van der Waals surface area contributed by atoms with Crippen LogP contribution in [0, 0.1) is 6.92 Å². The summed E-state index contributed by atoms with van der Waals surface area (Å²) in [6.07, 6.45) is -6.29. The number of carbonyl (C=O) groups is 1. The predicted octanol–water partition coefficient (Wildman–Crippen LogP) is -0.196. The Labute approximate surface area is 170 Å². The molecule has 0 aliphatic carbocycles. The fraction of sp³-hybridized carbons (Fsp3) is 0.474. The van der Waals surface area contributed by atoms with E-state index in [0.29, 0.717) is 5.69 Å². The second kappa shape index (κ2) is 9.16. The third-order valence-electron chi connectivity index (χ3n) is 4.68. The monoisotopic (exact) mass is 425 g/mol. The van der Waals surface area contributed by atoms with Gasteiger partial charge in [0.05, 0.1) is 29.3 Å². The second-order valence-corrected chi connectivity index (χ2v) is 7.88. The zero-order valence-corrected chi connectivity index (χ0v) is 16.5. The smallest absolute Gasteiger partial charge is 0.172 e. The molecule has 0 radical (unpaired) electrons. The van der Waals surface area contributed by atoms with Crippen molar-refractivity contribution < 1.29 is 39.8 Å². The molecule has 29 heavy (non-hydrogen) atoms. The number of phenols is 1. The Morgan fingerprint density at radius 1 is 1.21 bits per heavy atom. The van der Waals surface area contributed by atoms with Crippen molar-refractivity contribution in [2.75, 3.05) is 13.2 Å². The molecular weight excluding hydrogens is 402 g/mol. The summed E-state index contributed by atoms with van der Waals surface area (Å²) in [5.74, 6) is -0.318. The molecule has 0 saturated carbocycles. The number of nitrogens with zero attached hydrogens (tertiary/aromatic N) is 1. The molecule has 0 unspecified atom stereocenters. The normalized spacial score (nSPS) is 27.0. The average Bonchev–Trinajstić information content (AvgIpc) is 3.10. The topological polar surface area (TPSA) is 150 Å². The van der Waals surface area contributed by atoms with Crippen LogP contribution in [0.3, 0.4) is 0 Å². The number of Topliss-reactive ketones (excluding diaryl/α,β-unsaturated/α-hetero) is 1. The third kappa shape index (κ3) is 4.92. The predicted molar refractivity (Wildman–Crippen MR) is 102 cm³/mol. The minimum Gasteiger partial charge on any atom is -0.507 e. The number of thiazole rings is 1. The number of hydrogen-bond donors (Lipinski definition) is 5. The van der Waals surface area contributed by atoms with Gasteiger partial charge in [-0.2, -0.15) is 0 Å². The summed E-state index contributed by atoms with van der Waals surface area (Å²) in [5.41, 5.74) is 0.774. The fourth-order valence-electron chi connectivity index (χ4n) is 3.08. The first kappa shape index (κ1) is 21.6. The Morgan fingerprint density at radius 2 is 1.93 bits per heavy atom. The highest BCUT2D eigenvalue weighted by Crippen LogP contribution is 2.27. The Morgan fingerprint density at radius 3 is 2.55 bits per heavy atom. The Kier molecular flexibility index (Phi) is 6.83. The molecule has 1 aliphatic rings. The molecule has 9 nitrogen and oxygen atoms in total. The van der Waals surface area contributed by atoms with Gasteiger partial charge in [0, 0.05) is 11.4 Å². The Balaban J connectivity index is 1.62. The lowest BCUT2D eigenvalue weighted by Crippen LogP contribution is -2.59. The van der Waals surface area contributed by atoms with Gasteiger partial charge in [-0.25, -0.2) is 4.98 Å². The number of ether oxygens (including phenoxy) is 2. The fourth-order valence-corrected chi connectivity index (χ4v) is 3.69. The maximum Gasteiger partial charge on any atom is 0.172 e. The molecule has 1 fully saturated rings. The Bertz CT molecular complexity index is 854. The minimum atomic E-state index is -1.49. The van der Waals surface area contributed by atoms with Gasteiger partial charge in [-0.3, -0.25) is 4.79 Å². The lowest BCUT2D eigenvalue weighted by Gasteiger charge is -2.39. The molecule has 0 bridgehead atoms. The van der Waals surface area contributed by atoms with E-state index in [1.807, 2.05) is 6.92 Å². The summed E-state index contributed by atoms with van der Waals surface area (Å²) in [4.78, 5) is 16.6. The van der Waals surface area contributed by atoms with Gasteiger partial charge < -0.3 is 35.0 Å². The molecule has 0 spiro atoms. The van der Waals surface area contributed by atoms with Gasteiger partial charge in [0.15, 0.2) is 5.78 Å². The molecule has 0 amide bonds. The number of hydrogen-bond acceptors (Lipinski definition) is 10. The van der Waals surface area contributed by atoms with Crippen LogP contribution >= 0.6 is 11.3 Å². The van der Waals surface area contributed by atoms with E-state index in [-0.39, 0.29) is 35.9 Å². The lowest BCUT2D eigenvalue weighted by atomic mass is 9.95. The van der Waals surface area contributed by atoms with Crippen LogP contribution in [0.5, 0.6) is 11.5 Å². The van der Waals surface area contributed by atoms with Crippen LogP contribution in [0.4, 0.5) is 0 Å². The first-order valence-electron chi connectivity index (χ1n) is 9.00. The maximum atomic E-state index is 12.4. The zero-order valence-electron chi connectivity index (χ0n) is 15.6. The molecule has 158 valence electrons. The van der Waals surface area contributed by atoms with Gasteiger partial charge in [-0.05, 0) is 19.1 Å². The summed E-state index contributed by atoms with van der Waals surface area (Å²) < 4.78 is 10.8. The summed E-state index contributed by atoms with van der Waals surface area (Å²) in [6.45, 7) is 1.11. The molecule has 1 aromatic heterocycles. The first-order chi connectivity index (χ1) is 13.8. The number of phenolic OH excluding ortho intramolecular Hbond substituents is 1. The highest BCUT2D eigenvalue weighted by molar-refractivity contribution is 7.09. The van der Waals surface area contributed by atoms with E-state index in [4.69, 9.17) is 9.47 Å². The van der Waals surface area contributed by atoms with E-state index >= 15 is 0 Å². The van der Waals surface area contributed by atoms with Gasteiger partial charge in [-0.15, -0.1) is 11.3 Å². The van der Waals surface area contributed by atoms with Crippen LogP contribution < -0.4 is 4.74 Å². The number of ketones is 1. The maximum absolute atomic E-state index is 12.4. The van der Waals surface area contributed by atoms with Gasteiger partial charge in [0.2, 0.25) is 0 Å². The van der Waals surface area contributed by atoms with E-state index < -0.39 is 37.1 Å². The van der Waals surface area contributed by atoms with E-state index in [2.05, 4.69) is 4.98 Å². The van der Waals surface area contributed by atoms with Gasteiger partial charge in [0.25, 0.3) is 0 Å². The molecule has 5 N–H and O–H groups in total. The number of aryl methyl sites for hydroxylation is 1. The van der Waals surface area contributed by atoms with Crippen molar-refractivity contribution in [2.45, 2.75) is 43.9 Å². The van der Waals surface area contributed by atoms with Gasteiger partial charge in [0.1, 0.15) is 48.6 Å². The molecule has 1 aromatic carbocycles. The van der Waals surface area contributed by atoms with Crippen LogP contribution in [0.15, 0.2) is 23.6 Å². The number of carbonyl (C=O) groups excluding carboxylic acids is 1. The van der Waals surface area contributed by atoms with Crippen molar-refractivity contribution in [3.63, 3.8) is 0 Å². The summed E-state index contributed by atoms with van der Waals surface area (Å²) in [7, 11) is 0. The highest BCUT2D eigenvalue weighted by atomic mass is 32.1. The van der Waals surface area contributed by atoms with Crippen molar-refractivity contribution >= 4 is 17.1 Å². The molecule has 2 heterocycles. The summed E-state index contributed by atoms with van der Waals surface area (Å²) in [6, 6.07) is 4.19. The summed E-state index contributed by atoms with van der Waals surface area (Å²) >= 11 is 1.44.